The number of nitrogens with one attached hydrogen (secondary N) is 4. The highest BCUT2D eigenvalue weighted by Gasteiger charge is 2.41. The summed E-state index contributed by atoms with van der Waals surface area (Å²) in [6.07, 6.45) is 4.29. The van der Waals surface area contributed by atoms with Crippen LogP contribution >= 0.6 is 22.6 Å². The van der Waals surface area contributed by atoms with Crippen LogP contribution in [0.2, 0.25) is 0 Å². The topological polar surface area (TPSA) is 98.9 Å². The van der Waals surface area contributed by atoms with Crippen molar-refractivity contribution in [3.8, 4) is 11.3 Å². The molecular weight excluding hydrogens is 527 g/mol. The lowest BCUT2D eigenvalue weighted by molar-refractivity contribution is 0.563. The smallest absolute Gasteiger partial charge is 0.299 e. The third kappa shape index (κ3) is 4.73. The summed E-state index contributed by atoms with van der Waals surface area (Å²) in [6, 6.07) is 6.78. The van der Waals surface area contributed by atoms with Gasteiger partial charge in [0.05, 0.1) is 35.3 Å². The molecule has 158 valence electrons. The Bertz CT molecular complexity index is 1200. The van der Waals surface area contributed by atoms with E-state index in [2.05, 4.69) is 24.7 Å². The fourth-order valence-electron chi connectivity index (χ4n) is 2.94. The Hall–Kier alpha value is -2.25. The third-order valence-electron chi connectivity index (χ3n) is 4.71. The molecule has 30 heavy (non-hydrogen) atoms. The zero-order valence-electron chi connectivity index (χ0n) is 15.8. The summed E-state index contributed by atoms with van der Waals surface area (Å²) in [4.78, 5) is 6.76. The first-order chi connectivity index (χ1) is 14.1. The Labute approximate surface area is 186 Å². The molecule has 11 heteroatoms. The van der Waals surface area contributed by atoms with E-state index in [0.29, 0.717) is 9.26 Å². The van der Waals surface area contributed by atoms with Gasteiger partial charge < -0.3 is 10.3 Å². The highest BCUT2D eigenvalue weighted by molar-refractivity contribution is 14.1. The Morgan fingerprint density at radius 1 is 1.17 bits per heavy atom. The van der Waals surface area contributed by atoms with Crippen LogP contribution in [0.25, 0.3) is 11.3 Å². The summed E-state index contributed by atoms with van der Waals surface area (Å²) in [5.74, 6) is -1.18. The number of hydrogen-bond acceptors (Lipinski definition) is 4. The molecule has 1 aliphatic carbocycles. The minimum atomic E-state index is -3.98. The molecule has 0 unspecified atom stereocenters. The van der Waals surface area contributed by atoms with Crippen LogP contribution in [0.5, 0.6) is 0 Å². The fourth-order valence-corrected chi connectivity index (χ4v) is 4.79. The van der Waals surface area contributed by atoms with E-state index >= 15 is 0 Å². The van der Waals surface area contributed by atoms with Crippen molar-refractivity contribution in [1.29, 1.82) is 0 Å². The summed E-state index contributed by atoms with van der Waals surface area (Å²) in [5.41, 5.74) is 0.333. The van der Waals surface area contributed by atoms with Gasteiger partial charge in [-0.2, -0.15) is 13.1 Å². The highest BCUT2D eigenvalue weighted by atomic mass is 127. The zero-order chi connectivity index (χ0) is 21.5. The number of imidazole rings is 1. The number of halogens is 3. The van der Waals surface area contributed by atoms with Crippen molar-refractivity contribution >= 4 is 49.9 Å². The lowest BCUT2D eigenvalue weighted by atomic mass is 10.1. The van der Waals surface area contributed by atoms with Crippen LogP contribution in [-0.2, 0) is 10.2 Å². The molecule has 0 atom stereocenters. The van der Waals surface area contributed by atoms with Crippen LogP contribution in [0.15, 0.2) is 42.9 Å². The van der Waals surface area contributed by atoms with Gasteiger partial charge in [0, 0.05) is 14.7 Å². The first kappa shape index (κ1) is 21.0. The quantitative estimate of drug-likeness (QED) is 0.329. The molecule has 1 fully saturated rings. The molecule has 4 rings (SSSR count). The Morgan fingerprint density at radius 3 is 2.57 bits per heavy atom. The molecule has 1 aliphatic rings. The summed E-state index contributed by atoms with van der Waals surface area (Å²) < 4.78 is 60.0. The van der Waals surface area contributed by atoms with Crippen LogP contribution in [0.3, 0.4) is 0 Å². The molecule has 7 nitrogen and oxygen atoms in total. The van der Waals surface area contributed by atoms with Crippen molar-refractivity contribution in [3.63, 3.8) is 0 Å². The predicted molar refractivity (Wildman–Crippen MR) is 120 cm³/mol. The maximum atomic E-state index is 14.4. The van der Waals surface area contributed by atoms with E-state index in [-0.39, 0.29) is 22.6 Å². The van der Waals surface area contributed by atoms with Gasteiger partial charge in [-0.05, 0) is 72.7 Å². The summed E-state index contributed by atoms with van der Waals surface area (Å²) in [7, 11) is -3.98. The van der Waals surface area contributed by atoms with Crippen LogP contribution < -0.4 is 14.8 Å². The van der Waals surface area contributed by atoms with Crippen LogP contribution in [0.1, 0.15) is 19.8 Å². The first-order valence-corrected chi connectivity index (χ1v) is 11.6. The Morgan fingerprint density at radius 2 is 1.93 bits per heavy atom. The maximum Gasteiger partial charge on any atom is 0.299 e. The summed E-state index contributed by atoms with van der Waals surface area (Å²) in [6.45, 7) is 1.80. The van der Waals surface area contributed by atoms with Crippen molar-refractivity contribution in [2.75, 3.05) is 10.0 Å². The van der Waals surface area contributed by atoms with Gasteiger partial charge in [0.1, 0.15) is 11.6 Å². The van der Waals surface area contributed by atoms with E-state index in [4.69, 9.17) is 0 Å². The molecule has 0 saturated heterocycles. The van der Waals surface area contributed by atoms with Crippen molar-refractivity contribution in [1.82, 2.24) is 14.7 Å². The van der Waals surface area contributed by atoms with Crippen molar-refractivity contribution < 1.29 is 17.2 Å². The van der Waals surface area contributed by atoms with Gasteiger partial charge in [-0.15, -0.1) is 0 Å². The molecule has 0 spiro atoms. The number of rotatable bonds is 7. The highest BCUT2D eigenvalue weighted by Crippen LogP contribution is 2.39. The zero-order valence-corrected chi connectivity index (χ0v) is 18.7. The number of aromatic amines is 1. The maximum absolute atomic E-state index is 14.4. The van der Waals surface area contributed by atoms with Crippen LogP contribution in [0, 0.1) is 15.2 Å². The monoisotopic (exact) mass is 545 g/mol. The Kier molecular flexibility index (Phi) is 5.45. The van der Waals surface area contributed by atoms with Crippen molar-refractivity contribution in [3.05, 3.63) is 58.1 Å². The van der Waals surface area contributed by atoms with Crippen LogP contribution in [-0.4, -0.2) is 23.9 Å². The minimum absolute atomic E-state index is 0.0611. The van der Waals surface area contributed by atoms with Crippen molar-refractivity contribution in [2.24, 2.45) is 0 Å². The Balaban J connectivity index is 1.80. The molecule has 0 aliphatic heterocycles. The molecule has 1 heterocycles. The average molecular weight is 545 g/mol. The van der Waals surface area contributed by atoms with Gasteiger partial charge >= 0.3 is 0 Å². The number of hydrogen-bond donors (Lipinski definition) is 4. The number of H-pyrrole nitrogens is 1. The second-order valence-corrected chi connectivity index (χ2v) is 10.0. The SMILES string of the molecule is CC1(NS(=O)(=O)Nc2c(Nc3ccc(I)cc3F)cc(F)cc2-c2cnc[nH]2)CC1. The van der Waals surface area contributed by atoms with Gasteiger partial charge in [-0.1, -0.05) is 0 Å². The number of aromatic nitrogens is 2. The number of anilines is 3. The summed E-state index contributed by atoms with van der Waals surface area (Å²) >= 11 is 1.97. The van der Waals surface area contributed by atoms with E-state index in [9.17, 15) is 17.2 Å². The van der Waals surface area contributed by atoms with Gasteiger partial charge in [0.2, 0.25) is 0 Å². The van der Waals surface area contributed by atoms with E-state index < -0.39 is 27.4 Å². The molecule has 0 radical (unpaired) electrons. The fraction of sp³-hybridized carbons (Fsp3) is 0.211. The molecular formula is C19H18F2IN5O2S. The normalized spacial score (nSPS) is 15.1. The number of nitrogens with zero attached hydrogens (tertiary/aromatic N) is 1. The minimum Gasteiger partial charge on any atom is -0.351 e. The average Bonchev–Trinajstić information content (AvgIpc) is 3.14. The largest absolute Gasteiger partial charge is 0.351 e. The van der Waals surface area contributed by atoms with E-state index in [0.717, 1.165) is 18.9 Å². The molecule has 2 aromatic carbocycles. The molecule has 0 amide bonds. The third-order valence-corrected chi connectivity index (χ3v) is 6.61. The lowest BCUT2D eigenvalue weighted by Crippen LogP contribution is -2.38. The first-order valence-electron chi connectivity index (χ1n) is 9.00. The van der Waals surface area contributed by atoms with Crippen molar-refractivity contribution in [2.45, 2.75) is 25.3 Å². The molecule has 3 aromatic rings. The summed E-state index contributed by atoms with van der Waals surface area (Å²) in [5, 5.41) is 2.80. The standard InChI is InChI=1S/C19H18F2IN5O2S/c1-19(4-5-19)27-30(28,29)26-18-13(17-9-23-10-24-17)6-11(20)7-16(18)25-15-3-2-12(22)8-14(15)21/h2-3,6-10,25-27H,4-5H2,1H3,(H,23,24). The van der Waals surface area contributed by atoms with Gasteiger partial charge in [0.15, 0.2) is 0 Å². The lowest BCUT2D eigenvalue weighted by Gasteiger charge is -2.20. The van der Waals surface area contributed by atoms with Gasteiger partial charge in [-0.25, -0.2) is 13.8 Å². The second-order valence-electron chi connectivity index (χ2n) is 7.36. The van der Waals surface area contributed by atoms with E-state index in [1.165, 1.54) is 30.7 Å². The van der Waals surface area contributed by atoms with Crippen LogP contribution in [0.4, 0.5) is 25.8 Å². The molecule has 0 bridgehead atoms. The second kappa shape index (κ2) is 7.78. The van der Waals surface area contributed by atoms with E-state index in [1.54, 1.807) is 13.0 Å². The molecule has 1 saturated carbocycles. The van der Waals surface area contributed by atoms with Gasteiger partial charge in [0.25, 0.3) is 10.2 Å². The van der Waals surface area contributed by atoms with Gasteiger partial charge in [-0.3, -0.25) is 4.72 Å². The van der Waals surface area contributed by atoms with E-state index in [1.807, 2.05) is 22.6 Å². The number of benzene rings is 2. The molecule has 4 N–H and O–H groups in total. The predicted octanol–water partition coefficient (Wildman–Crippen LogP) is 4.50. The molecule has 1 aromatic heterocycles.